The summed E-state index contributed by atoms with van der Waals surface area (Å²) in [5.41, 5.74) is 5.78. The average Bonchev–Trinajstić information content (AvgIpc) is 2.46. The largest absolute Gasteiger partial charge is 0.354 e. The van der Waals surface area contributed by atoms with Crippen LogP contribution in [0.1, 0.15) is 33.6 Å². The predicted molar refractivity (Wildman–Crippen MR) is 83.9 cm³/mol. The number of nitrogens with zero attached hydrogens (tertiary/aromatic N) is 2. The van der Waals surface area contributed by atoms with Crippen molar-refractivity contribution >= 4 is 17.7 Å². The van der Waals surface area contributed by atoms with Crippen LogP contribution in [0.3, 0.4) is 0 Å². The number of amides is 3. The quantitative estimate of drug-likeness (QED) is 0.695. The fraction of sp³-hybridized carbons (Fsp3) is 0.800. The van der Waals surface area contributed by atoms with E-state index in [-0.39, 0.29) is 24.1 Å². The van der Waals surface area contributed by atoms with Crippen LogP contribution in [0.4, 0.5) is 0 Å². The number of nitrogens with two attached hydrogens (primary N) is 1. The minimum absolute atomic E-state index is 0.000864. The van der Waals surface area contributed by atoms with Crippen LogP contribution >= 0.6 is 0 Å². The molecule has 1 saturated heterocycles. The number of hydrogen-bond donors (Lipinski definition) is 2. The lowest BCUT2D eigenvalue weighted by atomic mass is 10.0. The van der Waals surface area contributed by atoms with Gasteiger partial charge in [0.15, 0.2) is 0 Å². The van der Waals surface area contributed by atoms with E-state index in [0.717, 1.165) is 0 Å². The lowest BCUT2D eigenvalue weighted by Crippen LogP contribution is -2.50. The zero-order chi connectivity index (χ0) is 16.7. The summed E-state index contributed by atoms with van der Waals surface area (Å²) in [5.74, 6) is 0.197. The summed E-state index contributed by atoms with van der Waals surface area (Å²) in [5, 5.41) is 2.71. The standard InChI is InChI=1S/C15H28N4O3/c1-11(2)10-13(16)15(22)17-5-4-14(21)19-8-6-18(7-9-19)12(3)20/h11,13H,4-10,16H2,1-3H3,(H,17,22)/t13-/m0/s1. The summed E-state index contributed by atoms with van der Waals surface area (Å²) in [7, 11) is 0. The Balaban J connectivity index is 2.24. The molecule has 3 N–H and O–H groups in total. The molecule has 0 aromatic heterocycles. The zero-order valence-electron chi connectivity index (χ0n) is 13.8. The highest BCUT2D eigenvalue weighted by atomic mass is 16.2. The van der Waals surface area contributed by atoms with Gasteiger partial charge in [0.05, 0.1) is 6.04 Å². The molecule has 22 heavy (non-hydrogen) atoms. The van der Waals surface area contributed by atoms with Crippen LogP contribution in [-0.2, 0) is 14.4 Å². The zero-order valence-corrected chi connectivity index (χ0v) is 13.8. The Bertz CT molecular complexity index is 404. The Morgan fingerprint density at radius 1 is 1.09 bits per heavy atom. The van der Waals surface area contributed by atoms with Crippen LogP contribution < -0.4 is 11.1 Å². The van der Waals surface area contributed by atoms with Gasteiger partial charge in [-0.15, -0.1) is 0 Å². The first-order valence-corrected chi connectivity index (χ1v) is 7.87. The highest BCUT2D eigenvalue weighted by Crippen LogP contribution is 2.05. The third kappa shape index (κ3) is 6.01. The van der Waals surface area contributed by atoms with Gasteiger partial charge in [0.25, 0.3) is 0 Å². The predicted octanol–water partition coefficient (Wildman–Crippen LogP) is -0.443. The number of piperazine rings is 1. The van der Waals surface area contributed by atoms with Gasteiger partial charge in [0.2, 0.25) is 17.7 Å². The summed E-state index contributed by atoms with van der Waals surface area (Å²) >= 11 is 0. The van der Waals surface area contributed by atoms with Crippen molar-refractivity contribution in [2.24, 2.45) is 11.7 Å². The van der Waals surface area contributed by atoms with E-state index >= 15 is 0 Å². The molecule has 1 aliphatic heterocycles. The molecule has 1 heterocycles. The Morgan fingerprint density at radius 2 is 1.64 bits per heavy atom. The monoisotopic (exact) mass is 312 g/mol. The van der Waals surface area contributed by atoms with Crippen LogP contribution in [-0.4, -0.2) is 66.3 Å². The first-order chi connectivity index (χ1) is 10.3. The molecule has 126 valence electrons. The van der Waals surface area contributed by atoms with E-state index in [1.165, 1.54) is 6.92 Å². The Labute approximate surface area is 132 Å². The fourth-order valence-electron chi connectivity index (χ4n) is 2.47. The Hall–Kier alpha value is -1.63. The molecule has 0 spiro atoms. The van der Waals surface area contributed by atoms with E-state index in [4.69, 9.17) is 5.73 Å². The van der Waals surface area contributed by atoms with Gasteiger partial charge in [-0.1, -0.05) is 13.8 Å². The molecule has 0 radical (unpaired) electrons. The van der Waals surface area contributed by atoms with Crippen LogP contribution in [0.5, 0.6) is 0 Å². The van der Waals surface area contributed by atoms with Gasteiger partial charge in [-0.3, -0.25) is 14.4 Å². The molecule has 7 heteroatoms. The van der Waals surface area contributed by atoms with Crippen LogP contribution in [0.2, 0.25) is 0 Å². The topological polar surface area (TPSA) is 95.7 Å². The number of carbonyl (C=O) groups is 3. The van der Waals surface area contributed by atoms with E-state index < -0.39 is 6.04 Å². The van der Waals surface area contributed by atoms with E-state index in [2.05, 4.69) is 5.32 Å². The Morgan fingerprint density at radius 3 is 2.14 bits per heavy atom. The fourth-order valence-corrected chi connectivity index (χ4v) is 2.47. The third-order valence-electron chi connectivity index (χ3n) is 3.78. The van der Waals surface area contributed by atoms with Crippen molar-refractivity contribution in [2.45, 2.75) is 39.7 Å². The van der Waals surface area contributed by atoms with Gasteiger partial charge in [0, 0.05) is 46.1 Å². The molecule has 0 aromatic rings. The Kier molecular flexibility index (Phi) is 7.31. The van der Waals surface area contributed by atoms with Crippen LogP contribution in [0.15, 0.2) is 0 Å². The molecule has 7 nitrogen and oxygen atoms in total. The normalized spacial score (nSPS) is 16.6. The highest BCUT2D eigenvalue weighted by molar-refractivity contribution is 5.82. The highest BCUT2D eigenvalue weighted by Gasteiger charge is 2.22. The van der Waals surface area contributed by atoms with Crippen molar-refractivity contribution in [1.29, 1.82) is 0 Å². The van der Waals surface area contributed by atoms with Crippen molar-refractivity contribution in [1.82, 2.24) is 15.1 Å². The molecule has 1 rings (SSSR count). The molecule has 3 amide bonds. The summed E-state index contributed by atoms with van der Waals surface area (Å²) in [6, 6.07) is -0.519. The second-order valence-corrected chi connectivity index (χ2v) is 6.16. The number of rotatable bonds is 6. The molecule has 0 aliphatic carbocycles. The SMILES string of the molecule is CC(=O)N1CCN(C(=O)CCNC(=O)[C@@H](N)CC(C)C)CC1. The molecule has 1 atom stereocenters. The van der Waals surface area contributed by atoms with Gasteiger partial charge in [-0.2, -0.15) is 0 Å². The molecule has 0 unspecified atom stereocenters. The second kappa shape index (κ2) is 8.73. The molecule has 0 saturated carbocycles. The number of hydrogen-bond acceptors (Lipinski definition) is 4. The lowest BCUT2D eigenvalue weighted by molar-refractivity contribution is -0.138. The summed E-state index contributed by atoms with van der Waals surface area (Å²) in [6.07, 6.45) is 0.896. The van der Waals surface area contributed by atoms with Gasteiger partial charge >= 0.3 is 0 Å². The van der Waals surface area contributed by atoms with Gasteiger partial charge in [-0.25, -0.2) is 0 Å². The van der Waals surface area contributed by atoms with Crippen molar-refractivity contribution in [3.63, 3.8) is 0 Å². The van der Waals surface area contributed by atoms with E-state index in [1.807, 2.05) is 13.8 Å². The van der Waals surface area contributed by atoms with E-state index in [0.29, 0.717) is 45.1 Å². The maximum absolute atomic E-state index is 12.0. The first kappa shape index (κ1) is 18.4. The van der Waals surface area contributed by atoms with E-state index in [1.54, 1.807) is 9.80 Å². The van der Waals surface area contributed by atoms with Crippen LogP contribution in [0.25, 0.3) is 0 Å². The smallest absolute Gasteiger partial charge is 0.236 e. The number of nitrogens with one attached hydrogen (secondary N) is 1. The number of carbonyl (C=O) groups excluding carboxylic acids is 3. The summed E-state index contributed by atoms with van der Waals surface area (Å²) in [4.78, 5) is 38.5. The minimum Gasteiger partial charge on any atom is -0.354 e. The maximum Gasteiger partial charge on any atom is 0.236 e. The van der Waals surface area contributed by atoms with Crippen molar-refractivity contribution in [3.05, 3.63) is 0 Å². The van der Waals surface area contributed by atoms with Crippen LogP contribution in [0, 0.1) is 5.92 Å². The molecule has 0 bridgehead atoms. The second-order valence-electron chi connectivity index (χ2n) is 6.16. The molecular weight excluding hydrogens is 284 g/mol. The van der Waals surface area contributed by atoms with Crippen molar-refractivity contribution < 1.29 is 14.4 Å². The molecule has 1 fully saturated rings. The van der Waals surface area contributed by atoms with Gasteiger partial charge in [0.1, 0.15) is 0 Å². The molecule has 1 aliphatic rings. The van der Waals surface area contributed by atoms with Crippen molar-refractivity contribution in [2.75, 3.05) is 32.7 Å². The first-order valence-electron chi connectivity index (χ1n) is 7.87. The van der Waals surface area contributed by atoms with Gasteiger partial charge < -0.3 is 20.9 Å². The van der Waals surface area contributed by atoms with Crippen molar-refractivity contribution in [3.8, 4) is 0 Å². The summed E-state index contributed by atoms with van der Waals surface area (Å²) in [6.45, 7) is 8.12. The third-order valence-corrected chi connectivity index (χ3v) is 3.78. The maximum atomic E-state index is 12.0. The summed E-state index contributed by atoms with van der Waals surface area (Å²) < 4.78 is 0. The van der Waals surface area contributed by atoms with Gasteiger partial charge in [-0.05, 0) is 12.3 Å². The molecule has 0 aromatic carbocycles. The minimum atomic E-state index is -0.519. The average molecular weight is 312 g/mol. The lowest BCUT2D eigenvalue weighted by Gasteiger charge is -2.34. The van der Waals surface area contributed by atoms with E-state index in [9.17, 15) is 14.4 Å². The molecular formula is C15H28N4O3.